The number of methoxy groups -OCH3 is 1. The molecule has 0 atom stereocenters. The van der Waals surface area contributed by atoms with E-state index in [1.54, 1.807) is 13.2 Å². The molecule has 1 rings (SSSR count). The predicted molar refractivity (Wildman–Crippen MR) is 76.9 cm³/mol. The summed E-state index contributed by atoms with van der Waals surface area (Å²) in [6, 6.07) is 4.60. The summed E-state index contributed by atoms with van der Waals surface area (Å²) in [4.78, 5) is 10.3. The van der Waals surface area contributed by atoms with Gasteiger partial charge < -0.3 is 15.2 Å². The Balaban J connectivity index is 2.41. The van der Waals surface area contributed by atoms with Crippen molar-refractivity contribution in [3.05, 3.63) is 33.9 Å². The molecule has 1 aromatic rings. The molecular weight excluding hydrogens is 260 g/mol. The Kier molecular flexibility index (Phi) is 7.60. The first kappa shape index (κ1) is 16.4. The zero-order chi connectivity index (χ0) is 14.8. The van der Waals surface area contributed by atoms with Crippen molar-refractivity contribution < 1.29 is 14.8 Å². The van der Waals surface area contributed by atoms with E-state index >= 15 is 0 Å². The molecule has 0 heterocycles. The highest BCUT2D eigenvalue weighted by Crippen LogP contribution is 2.23. The Morgan fingerprint density at radius 3 is 2.70 bits per heavy atom. The number of aliphatic hydroxyl groups is 1. The van der Waals surface area contributed by atoms with Gasteiger partial charge >= 0.3 is 0 Å². The fraction of sp³-hybridized carbons (Fsp3) is 0.571. The van der Waals surface area contributed by atoms with E-state index in [0.29, 0.717) is 12.3 Å². The third-order valence-electron chi connectivity index (χ3n) is 3.05. The van der Waals surface area contributed by atoms with E-state index in [-0.39, 0.29) is 12.3 Å². The van der Waals surface area contributed by atoms with E-state index in [1.165, 1.54) is 12.1 Å². The lowest BCUT2D eigenvalue weighted by molar-refractivity contribution is -0.384. The first-order chi connectivity index (χ1) is 9.69. The molecule has 0 amide bonds. The lowest BCUT2D eigenvalue weighted by Crippen LogP contribution is -2.15. The predicted octanol–water partition coefficient (Wildman–Crippen LogP) is 2.25. The minimum absolute atomic E-state index is 0.0746. The second kappa shape index (κ2) is 9.28. The smallest absolute Gasteiger partial charge is 0.270 e. The summed E-state index contributed by atoms with van der Waals surface area (Å²) in [5.41, 5.74) is 0.864. The maximum atomic E-state index is 10.8. The maximum Gasteiger partial charge on any atom is 0.270 e. The van der Waals surface area contributed by atoms with Gasteiger partial charge in [-0.05, 0) is 25.5 Å². The summed E-state index contributed by atoms with van der Waals surface area (Å²) in [5.74, 6) is 0.656. The van der Waals surface area contributed by atoms with Gasteiger partial charge in [-0.1, -0.05) is 12.8 Å². The molecule has 0 aliphatic heterocycles. The number of nitrogens with one attached hydrogen (secondary N) is 1. The molecule has 0 saturated heterocycles. The number of benzene rings is 1. The summed E-state index contributed by atoms with van der Waals surface area (Å²) in [6.07, 6.45) is 3.97. The zero-order valence-electron chi connectivity index (χ0n) is 11.8. The van der Waals surface area contributed by atoms with E-state index in [1.807, 2.05) is 0 Å². The van der Waals surface area contributed by atoms with E-state index in [4.69, 9.17) is 9.84 Å². The van der Waals surface area contributed by atoms with Crippen LogP contribution in [0.4, 0.5) is 5.69 Å². The molecule has 2 N–H and O–H groups in total. The van der Waals surface area contributed by atoms with Crippen molar-refractivity contribution >= 4 is 5.69 Å². The summed E-state index contributed by atoms with van der Waals surface area (Å²) >= 11 is 0. The van der Waals surface area contributed by atoms with Crippen LogP contribution in [0.1, 0.15) is 31.2 Å². The molecule has 6 nitrogen and oxygen atoms in total. The fourth-order valence-corrected chi connectivity index (χ4v) is 1.96. The Morgan fingerprint density at radius 2 is 2.05 bits per heavy atom. The van der Waals surface area contributed by atoms with E-state index in [2.05, 4.69) is 5.32 Å². The van der Waals surface area contributed by atoms with Crippen LogP contribution in [-0.2, 0) is 6.54 Å². The summed E-state index contributed by atoms with van der Waals surface area (Å²) in [5, 5.41) is 22.7. The summed E-state index contributed by atoms with van der Waals surface area (Å²) < 4.78 is 5.20. The molecule has 0 radical (unpaired) electrons. The van der Waals surface area contributed by atoms with Crippen molar-refractivity contribution in [3.63, 3.8) is 0 Å². The average Bonchev–Trinajstić information content (AvgIpc) is 2.46. The highest BCUT2D eigenvalue weighted by molar-refractivity contribution is 5.43. The van der Waals surface area contributed by atoms with Gasteiger partial charge in [0.15, 0.2) is 0 Å². The van der Waals surface area contributed by atoms with E-state index in [9.17, 15) is 10.1 Å². The van der Waals surface area contributed by atoms with Crippen LogP contribution >= 0.6 is 0 Å². The Morgan fingerprint density at radius 1 is 1.30 bits per heavy atom. The third kappa shape index (κ3) is 5.54. The minimum Gasteiger partial charge on any atom is -0.496 e. The van der Waals surface area contributed by atoms with Gasteiger partial charge in [0, 0.05) is 30.8 Å². The molecule has 112 valence electrons. The number of nitrogens with zero attached hydrogens (tertiary/aromatic N) is 1. The Bertz CT molecular complexity index is 424. The molecule has 0 aliphatic carbocycles. The molecule has 6 heteroatoms. The molecule has 0 saturated carbocycles. The number of nitro groups is 1. The van der Waals surface area contributed by atoms with Crippen molar-refractivity contribution in [2.45, 2.75) is 32.2 Å². The van der Waals surface area contributed by atoms with Crippen molar-refractivity contribution in [2.24, 2.45) is 0 Å². The molecule has 0 unspecified atom stereocenters. The highest BCUT2D eigenvalue weighted by Gasteiger charge is 2.10. The lowest BCUT2D eigenvalue weighted by atomic mass is 10.1. The number of hydrogen-bond acceptors (Lipinski definition) is 5. The van der Waals surface area contributed by atoms with Crippen LogP contribution in [0.15, 0.2) is 18.2 Å². The van der Waals surface area contributed by atoms with Crippen LogP contribution in [-0.4, -0.2) is 30.3 Å². The fourth-order valence-electron chi connectivity index (χ4n) is 1.96. The van der Waals surface area contributed by atoms with Gasteiger partial charge in [0.25, 0.3) is 5.69 Å². The standard InChI is InChI=1S/C14H22N2O4/c1-20-14-7-6-13(16(18)19)10-12(14)11-15-8-4-2-3-5-9-17/h6-7,10,15,17H,2-5,8-9,11H2,1H3. The minimum atomic E-state index is -0.405. The SMILES string of the molecule is COc1ccc([N+](=O)[O-])cc1CNCCCCCCO. The average molecular weight is 282 g/mol. The Labute approximate surface area is 118 Å². The number of hydrogen-bond donors (Lipinski definition) is 2. The molecule has 20 heavy (non-hydrogen) atoms. The number of non-ortho nitro benzene ring substituents is 1. The van der Waals surface area contributed by atoms with Gasteiger partial charge in [-0.3, -0.25) is 10.1 Å². The van der Waals surface area contributed by atoms with E-state index in [0.717, 1.165) is 37.8 Å². The van der Waals surface area contributed by atoms with Gasteiger partial charge in [-0.2, -0.15) is 0 Å². The molecular formula is C14H22N2O4. The maximum absolute atomic E-state index is 10.8. The quantitative estimate of drug-likeness (QED) is 0.390. The molecule has 1 aromatic carbocycles. The van der Waals surface area contributed by atoms with E-state index < -0.39 is 4.92 Å². The first-order valence-electron chi connectivity index (χ1n) is 6.82. The Hall–Kier alpha value is -1.66. The second-order valence-electron chi connectivity index (χ2n) is 4.57. The van der Waals surface area contributed by atoms with Gasteiger partial charge in [0.2, 0.25) is 0 Å². The molecule has 0 bridgehead atoms. The second-order valence-corrected chi connectivity index (χ2v) is 4.57. The normalized spacial score (nSPS) is 10.5. The first-order valence-corrected chi connectivity index (χ1v) is 6.82. The summed E-state index contributed by atoms with van der Waals surface area (Å²) in [7, 11) is 1.56. The number of rotatable bonds is 10. The largest absolute Gasteiger partial charge is 0.496 e. The molecule has 0 aromatic heterocycles. The van der Waals surface area contributed by atoms with Crippen molar-refractivity contribution in [3.8, 4) is 5.75 Å². The number of ether oxygens (including phenoxy) is 1. The van der Waals surface area contributed by atoms with Gasteiger partial charge in [0.1, 0.15) is 5.75 Å². The van der Waals surface area contributed by atoms with Crippen LogP contribution in [0.5, 0.6) is 5.75 Å². The van der Waals surface area contributed by atoms with Crippen LogP contribution in [0.25, 0.3) is 0 Å². The number of nitro benzene ring substituents is 1. The van der Waals surface area contributed by atoms with Crippen LogP contribution in [0.3, 0.4) is 0 Å². The van der Waals surface area contributed by atoms with Crippen LogP contribution < -0.4 is 10.1 Å². The molecule has 0 spiro atoms. The summed E-state index contributed by atoms with van der Waals surface area (Å²) in [6.45, 7) is 1.64. The topological polar surface area (TPSA) is 84.6 Å². The monoisotopic (exact) mass is 282 g/mol. The highest BCUT2D eigenvalue weighted by atomic mass is 16.6. The lowest BCUT2D eigenvalue weighted by Gasteiger charge is -2.09. The molecule has 0 aliphatic rings. The van der Waals surface area contributed by atoms with Crippen molar-refractivity contribution in [1.29, 1.82) is 0 Å². The van der Waals surface area contributed by atoms with Gasteiger partial charge in [0.05, 0.1) is 12.0 Å². The third-order valence-corrected chi connectivity index (χ3v) is 3.05. The van der Waals surface area contributed by atoms with Crippen LogP contribution in [0, 0.1) is 10.1 Å². The number of unbranched alkanes of at least 4 members (excludes halogenated alkanes) is 3. The molecule has 0 fully saturated rings. The van der Waals surface area contributed by atoms with Crippen molar-refractivity contribution in [1.82, 2.24) is 5.32 Å². The van der Waals surface area contributed by atoms with Crippen LogP contribution in [0.2, 0.25) is 0 Å². The number of aliphatic hydroxyl groups excluding tert-OH is 1. The van der Waals surface area contributed by atoms with Gasteiger partial charge in [-0.15, -0.1) is 0 Å². The zero-order valence-corrected chi connectivity index (χ0v) is 11.8. The van der Waals surface area contributed by atoms with Crippen molar-refractivity contribution in [2.75, 3.05) is 20.3 Å². The van der Waals surface area contributed by atoms with Gasteiger partial charge in [-0.25, -0.2) is 0 Å².